The van der Waals surface area contributed by atoms with E-state index in [0.29, 0.717) is 0 Å². The molecule has 0 amide bonds. The Balaban J connectivity index is 2.04. The van der Waals surface area contributed by atoms with Crippen molar-refractivity contribution in [1.82, 2.24) is 9.80 Å². The topological polar surface area (TPSA) is 34.2 Å². The summed E-state index contributed by atoms with van der Waals surface area (Å²) in [4.78, 5) is 4.71. The highest BCUT2D eigenvalue weighted by Gasteiger charge is 2.41. The molecular formula is C18H30N2O3Si. The minimum Gasteiger partial charge on any atom is -0.543 e. The highest BCUT2D eigenvalue weighted by atomic mass is 28.4. The molecule has 1 aromatic rings. The maximum atomic E-state index is 6.68. The minimum atomic E-state index is -1.94. The lowest BCUT2D eigenvalue weighted by Crippen LogP contribution is -2.44. The molecule has 0 N–H and O–H groups in total. The summed E-state index contributed by atoms with van der Waals surface area (Å²) in [6.07, 6.45) is 0.208. The molecular weight excluding hydrogens is 320 g/mol. The Morgan fingerprint density at radius 2 is 1.58 bits per heavy atom. The van der Waals surface area contributed by atoms with Gasteiger partial charge in [-0.2, -0.15) is 0 Å². The van der Waals surface area contributed by atoms with Crippen molar-refractivity contribution in [1.29, 1.82) is 0 Å². The monoisotopic (exact) mass is 350 g/mol. The van der Waals surface area contributed by atoms with Gasteiger partial charge in [0.1, 0.15) is 5.75 Å². The fourth-order valence-electron chi connectivity index (χ4n) is 3.03. The third-order valence-corrected chi connectivity index (χ3v) is 9.94. The first kappa shape index (κ1) is 17.6. The van der Waals surface area contributed by atoms with Crippen LogP contribution in [0.15, 0.2) is 12.1 Å². The van der Waals surface area contributed by atoms with E-state index in [4.69, 9.17) is 13.9 Å². The highest BCUT2D eigenvalue weighted by Crippen LogP contribution is 2.46. The molecule has 5 nitrogen and oxygen atoms in total. The van der Waals surface area contributed by atoms with Crippen LogP contribution in [0.3, 0.4) is 0 Å². The van der Waals surface area contributed by atoms with E-state index in [-0.39, 0.29) is 18.0 Å². The molecule has 2 aliphatic heterocycles. The molecule has 1 aromatic carbocycles. The van der Waals surface area contributed by atoms with E-state index in [9.17, 15) is 0 Å². The average Bonchev–Trinajstić information content (AvgIpc) is 3.03. The lowest BCUT2D eigenvalue weighted by molar-refractivity contribution is 0.173. The predicted molar refractivity (Wildman–Crippen MR) is 98.4 cm³/mol. The van der Waals surface area contributed by atoms with E-state index < -0.39 is 8.32 Å². The number of fused-ring (bicyclic) bond motifs is 1. The van der Waals surface area contributed by atoms with Gasteiger partial charge in [0.15, 0.2) is 11.5 Å². The lowest BCUT2D eigenvalue weighted by Gasteiger charge is -2.38. The van der Waals surface area contributed by atoms with Crippen molar-refractivity contribution in [3.05, 3.63) is 17.7 Å². The predicted octanol–water partition coefficient (Wildman–Crippen LogP) is 3.68. The van der Waals surface area contributed by atoms with Gasteiger partial charge in [0, 0.05) is 24.7 Å². The zero-order chi connectivity index (χ0) is 17.7. The Morgan fingerprint density at radius 1 is 1.04 bits per heavy atom. The molecule has 3 rings (SSSR count). The first-order chi connectivity index (χ1) is 11.1. The van der Waals surface area contributed by atoms with Crippen molar-refractivity contribution in [2.45, 2.75) is 45.1 Å². The van der Waals surface area contributed by atoms with Gasteiger partial charge >= 0.3 is 0 Å². The van der Waals surface area contributed by atoms with Gasteiger partial charge in [-0.3, -0.25) is 9.80 Å². The number of rotatable bonds is 3. The molecule has 2 aliphatic rings. The van der Waals surface area contributed by atoms with Crippen molar-refractivity contribution in [3.63, 3.8) is 0 Å². The van der Waals surface area contributed by atoms with E-state index in [1.807, 2.05) is 6.07 Å². The fourth-order valence-corrected chi connectivity index (χ4v) is 4.06. The molecule has 6 heteroatoms. The van der Waals surface area contributed by atoms with E-state index in [0.717, 1.165) is 30.3 Å². The largest absolute Gasteiger partial charge is 0.543 e. The Bertz CT molecular complexity index is 617. The van der Waals surface area contributed by atoms with Crippen LogP contribution in [-0.4, -0.2) is 52.1 Å². The second-order valence-electron chi connectivity index (χ2n) is 8.44. The summed E-state index contributed by atoms with van der Waals surface area (Å²) in [6.45, 7) is 13.7. The normalized spacial score (nSPS) is 20.0. The molecule has 0 atom stereocenters. The fraction of sp³-hybridized carbons (Fsp3) is 0.667. The summed E-state index contributed by atoms with van der Waals surface area (Å²) < 4.78 is 17.9. The molecule has 0 aromatic heterocycles. The molecule has 1 saturated heterocycles. The maximum Gasteiger partial charge on any atom is 0.250 e. The molecule has 0 bridgehead atoms. The van der Waals surface area contributed by atoms with Crippen LogP contribution in [0.2, 0.25) is 18.1 Å². The summed E-state index contributed by atoms with van der Waals surface area (Å²) in [7, 11) is 2.38. The SMILES string of the molecule is CN1CCN(C)C1c1cc2c(cc1O[Si](C)(C)C(C)(C)C)OCO2. The lowest BCUT2D eigenvalue weighted by atomic mass is 10.1. The molecule has 0 unspecified atom stereocenters. The molecule has 1 fully saturated rings. The molecule has 0 aliphatic carbocycles. The van der Waals surface area contributed by atoms with E-state index in [1.165, 1.54) is 5.56 Å². The molecule has 0 saturated carbocycles. The maximum absolute atomic E-state index is 6.68. The van der Waals surface area contributed by atoms with Crippen molar-refractivity contribution < 1.29 is 13.9 Å². The minimum absolute atomic E-state index is 0.147. The van der Waals surface area contributed by atoms with Crippen LogP contribution in [0.5, 0.6) is 17.2 Å². The Morgan fingerprint density at radius 3 is 2.12 bits per heavy atom. The van der Waals surface area contributed by atoms with E-state index in [2.05, 4.69) is 63.8 Å². The Hall–Kier alpha value is -1.24. The highest BCUT2D eigenvalue weighted by molar-refractivity contribution is 6.74. The van der Waals surface area contributed by atoms with Crippen LogP contribution < -0.4 is 13.9 Å². The van der Waals surface area contributed by atoms with Crippen LogP contribution in [0.1, 0.15) is 32.5 Å². The van der Waals surface area contributed by atoms with Crippen molar-refractivity contribution in [3.8, 4) is 17.2 Å². The number of hydrogen-bond donors (Lipinski definition) is 0. The van der Waals surface area contributed by atoms with Crippen LogP contribution >= 0.6 is 0 Å². The summed E-state index contributed by atoms with van der Waals surface area (Å²) in [6, 6.07) is 4.13. The average molecular weight is 351 g/mol. The Kier molecular flexibility index (Phi) is 4.34. The number of benzene rings is 1. The van der Waals surface area contributed by atoms with Crippen molar-refractivity contribution in [2.24, 2.45) is 0 Å². The van der Waals surface area contributed by atoms with Gasteiger partial charge < -0.3 is 13.9 Å². The number of nitrogens with zero attached hydrogens (tertiary/aromatic N) is 2. The smallest absolute Gasteiger partial charge is 0.250 e. The van der Waals surface area contributed by atoms with Crippen LogP contribution in [0, 0.1) is 0 Å². The van der Waals surface area contributed by atoms with Crippen LogP contribution in [0.4, 0.5) is 0 Å². The van der Waals surface area contributed by atoms with Crippen LogP contribution in [0.25, 0.3) is 0 Å². The third-order valence-electron chi connectivity index (χ3n) is 5.59. The molecule has 0 radical (unpaired) electrons. The van der Waals surface area contributed by atoms with Crippen LogP contribution in [-0.2, 0) is 0 Å². The van der Waals surface area contributed by atoms with E-state index in [1.54, 1.807) is 0 Å². The number of hydrogen-bond acceptors (Lipinski definition) is 5. The van der Waals surface area contributed by atoms with Gasteiger partial charge in [0.05, 0.1) is 6.17 Å². The quantitative estimate of drug-likeness (QED) is 0.777. The van der Waals surface area contributed by atoms with Gasteiger partial charge in [-0.25, -0.2) is 0 Å². The Labute approximate surface area is 146 Å². The zero-order valence-corrected chi connectivity index (χ0v) is 17.0. The van der Waals surface area contributed by atoms with Gasteiger partial charge in [-0.1, -0.05) is 20.8 Å². The first-order valence-corrected chi connectivity index (χ1v) is 11.5. The zero-order valence-electron chi connectivity index (χ0n) is 16.0. The number of likely N-dealkylation sites (N-methyl/N-ethyl adjacent to an activating group) is 2. The standard InChI is InChI=1S/C18H30N2O3Si/c1-18(2,3)24(6,7)23-14-11-16-15(21-12-22-16)10-13(14)17-19(4)8-9-20(17)5/h10-11,17H,8-9,12H2,1-7H3. The third kappa shape index (κ3) is 3.02. The van der Waals surface area contributed by atoms with Gasteiger partial charge in [-0.15, -0.1) is 0 Å². The van der Waals surface area contributed by atoms with E-state index >= 15 is 0 Å². The molecule has 0 spiro atoms. The van der Waals surface area contributed by atoms with Crippen molar-refractivity contribution in [2.75, 3.05) is 34.0 Å². The van der Waals surface area contributed by atoms with Crippen molar-refractivity contribution >= 4 is 8.32 Å². The summed E-state index contributed by atoms with van der Waals surface area (Å²) >= 11 is 0. The second-order valence-corrected chi connectivity index (χ2v) is 13.2. The first-order valence-electron chi connectivity index (χ1n) is 8.63. The van der Waals surface area contributed by atoms with Gasteiger partial charge in [0.25, 0.3) is 0 Å². The second kappa shape index (κ2) is 5.93. The van der Waals surface area contributed by atoms with Gasteiger partial charge in [0.2, 0.25) is 15.1 Å². The van der Waals surface area contributed by atoms with Gasteiger partial charge in [-0.05, 0) is 38.3 Å². The molecule has 2 heterocycles. The molecule has 24 heavy (non-hydrogen) atoms. The summed E-state index contributed by atoms with van der Waals surface area (Å²) in [5, 5.41) is 0.147. The molecule has 134 valence electrons. The summed E-state index contributed by atoms with van der Waals surface area (Å²) in [5.74, 6) is 2.55. The summed E-state index contributed by atoms with van der Waals surface area (Å²) in [5.41, 5.74) is 1.17. The number of ether oxygens (including phenoxy) is 2.